The third-order valence-electron chi connectivity index (χ3n) is 4.12. The second kappa shape index (κ2) is 7.82. The van der Waals surface area contributed by atoms with Gasteiger partial charge in [-0.25, -0.2) is 13.6 Å². The summed E-state index contributed by atoms with van der Waals surface area (Å²) in [5, 5.41) is 1.48. The van der Waals surface area contributed by atoms with Crippen molar-refractivity contribution in [3.8, 4) is 11.5 Å². The van der Waals surface area contributed by atoms with Gasteiger partial charge in [0.25, 0.3) is 0 Å². The predicted molar refractivity (Wildman–Crippen MR) is 106 cm³/mol. The van der Waals surface area contributed by atoms with Crippen molar-refractivity contribution in [1.29, 1.82) is 0 Å². The molecule has 0 bridgehead atoms. The van der Waals surface area contributed by atoms with E-state index >= 15 is 0 Å². The Morgan fingerprint density at radius 3 is 2.03 bits per heavy atom. The normalized spacial score (nSPS) is 11.4. The lowest BCUT2D eigenvalue weighted by Gasteiger charge is -2.20. The number of benzene rings is 3. The van der Waals surface area contributed by atoms with Gasteiger partial charge in [-0.2, -0.15) is 8.78 Å². The monoisotopic (exact) mass is 418 g/mol. The highest BCUT2D eigenvalue weighted by Gasteiger charge is 2.33. The Kier molecular flexibility index (Phi) is 5.57. The largest absolute Gasteiger partial charge is 0.456 e. The Morgan fingerprint density at radius 2 is 1.47 bits per heavy atom. The lowest BCUT2D eigenvalue weighted by molar-refractivity contribution is 0.00568. The number of fused-ring (bicyclic) bond motifs is 1. The van der Waals surface area contributed by atoms with Crippen LogP contribution in [-0.4, -0.2) is 11.6 Å². The Labute approximate surface area is 170 Å². The second-order valence-corrected chi connectivity index (χ2v) is 7.54. The van der Waals surface area contributed by atoms with Crippen molar-refractivity contribution < 1.29 is 31.8 Å². The molecule has 0 saturated carbocycles. The van der Waals surface area contributed by atoms with Gasteiger partial charge in [-0.1, -0.05) is 30.9 Å². The Morgan fingerprint density at radius 1 is 0.900 bits per heavy atom. The van der Waals surface area contributed by atoms with E-state index in [-0.39, 0.29) is 5.75 Å². The number of ether oxygens (including phenoxy) is 2. The van der Waals surface area contributed by atoms with Crippen molar-refractivity contribution in [2.24, 2.45) is 0 Å². The van der Waals surface area contributed by atoms with Gasteiger partial charge >= 0.3 is 5.97 Å². The zero-order chi connectivity index (χ0) is 22.2. The Balaban J connectivity index is 2.02. The van der Waals surface area contributed by atoms with Gasteiger partial charge in [0, 0.05) is 0 Å². The number of halogens is 4. The molecule has 30 heavy (non-hydrogen) atoms. The maximum absolute atomic E-state index is 14.5. The van der Waals surface area contributed by atoms with E-state index in [0.717, 1.165) is 10.9 Å². The first-order chi connectivity index (χ1) is 14.0. The minimum Gasteiger partial charge on any atom is -0.456 e. The summed E-state index contributed by atoms with van der Waals surface area (Å²) in [4.78, 5) is 12.0. The highest BCUT2D eigenvalue weighted by atomic mass is 19.2. The number of rotatable bonds is 4. The Hall–Kier alpha value is -3.35. The van der Waals surface area contributed by atoms with Gasteiger partial charge in [0.05, 0.1) is 0 Å². The van der Waals surface area contributed by atoms with E-state index in [2.05, 4.69) is 6.58 Å². The van der Waals surface area contributed by atoms with E-state index in [9.17, 15) is 22.4 Å². The maximum Gasteiger partial charge on any atom is 0.344 e. The quantitative estimate of drug-likeness (QED) is 0.266. The van der Waals surface area contributed by atoms with E-state index in [4.69, 9.17) is 9.47 Å². The number of carbonyl (C=O) groups excluding carboxylic acids is 1. The molecule has 3 aromatic rings. The van der Waals surface area contributed by atoms with Crippen molar-refractivity contribution >= 4 is 22.8 Å². The summed E-state index contributed by atoms with van der Waals surface area (Å²) in [7, 11) is 0. The molecule has 0 saturated heterocycles. The van der Waals surface area contributed by atoms with E-state index in [1.165, 1.54) is 32.9 Å². The summed E-state index contributed by atoms with van der Waals surface area (Å²) < 4.78 is 67.6. The number of esters is 1. The van der Waals surface area contributed by atoms with Gasteiger partial charge < -0.3 is 9.47 Å². The molecule has 0 radical (unpaired) electrons. The molecule has 0 N–H and O–H groups in total. The van der Waals surface area contributed by atoms with Crippen LogP contribution in [0.2, 0.25) is 0 Å². The predicted octanol–water partition coefficient (Wildman–Crippen LogP) is 6.79. The Bertz CT molecular complexity index is 1130. The smallest absolute Gasteiger partial charge is 0.344 e. The molecular formula is C23H18F4O3. The SMILES string of the molecule is C=Cc1ccc2cc(Oc3c(F)c(F)c(C(=O)OC(C)(C)C)c(F)c3F)ccc2c1. The average Bonchev–Trinajstić information content (AvgIpc) is 2.68. The minimum atomic E-state index is -1.89. The molecule has 0 amide bonds. The van der Waals surface area contributed by atoms with Crippen molar-refractivity contribution in [2.45, 2.75) is 26.4 Å². The molecule has 0 spiro atoms. The lowest BCUT2D eigenvalue weighted by Crippen LogP contribution is -2.26. The summed E-state index contributed by atoms with van der Waals surface area (Å²) in [6.07, 6.45) is 1.66. The van der Waals surface area contributed by atoms with Gasteiger partial charge in [-0.05, 0) is 55.3 Å². The van der Waals surface area contributed by atoms with E-state index in [0.29, 0.717) is 5.39 Å². The minimum absolute atomic E-state index is 0.0459. The molecule has 3 aromatic carbocycles. The standard InChI is InChI=1S/C23H18F4O3/c1-5-12-6-7-14-11-15(9-8-13(14)10-12)29-21-19(26)17(24)16(18(25)20(21)27)22(28)30-23(2,3)4/h5-11H,1H2,2-4H3. The topological polar surface area (TPSA) is 35.5 Å². The molecular weight excluding hydrogens is 400 g/mol. The first-order valence-corrected chi connectivity index (χ1v) is 8.95. The summed E-state index contributed by atoms with van der Waals surface area (Å²) in [6.45, 7) is 8.02. The average molecular weight is 418 g/mol. The fraction of sp³-hybridized carbons (Fsp3) is 0.174. The highest BCUT2D eigenvalue weighted by Crippen LogP contribution is 2.35. The van der Waals surface area contributed by atoms with Crippen LogP contribution in [0.1, 0.15) is 36.7 Å². The van der Waals surface area contributed by atoms with Crippen LogP contribution in [0.5, 0.6) is 11.5 Å². The van der Waals surface area contributed by atoms with Crippen molar-refractivity contribution in [2.75, 3.05) is 0 Å². The molecule has 0 fully saturated rings. The summed E-state index contributed by atoms with van der Waals surface area (Å²) in [5.74, 6) is -10.3. The van der Waals surface area contributed by atoms with E-state index < -0.39 is 46.2 Å². The fourth-order valence-electron chi connectivity index (χ4n) is 2.76. The van der Waals surface area contributed by atoms with Crippen LogP contribution < -0.4 is 4.74 Å². The fourth-order valence-corrected chi connectivity index (χ4v) is 2.76. The van der Waals surface area contributed by atoms with E-state index in [1.807, 2.05) is 6.07 Å². The van der Waals surface area contributed by atoms with Crippen LogP contribution in [0.4, 0.5) is 17.6 Å². The molecule has 0 aliphatic rings. The van der Waals surface area contributed by atoms with Crippen LogP contribution >= 0.6 is 0 Å². The zero-order valence-electron chi connectivity index (χ0n) is 16.5. The molecule has 0 heterocycles. The second-order valence-electron chi connectivity index (χ2n) is 7.54. The first-order valence-electron chi connectivity index (χ1n) is 8.95. The zero-order valence-corrected chi connectivity index (χ0v) is 16.5. The van der Waals surface area contributed by atoms with Gasteiger partial charge in [0.1, 0.15) is 16.9 Å². The number of carbonyl (C=O) groups is 1. The first kappa shape index (κ1) is 21.4. The lowest BCUT2D eigenvalue weighted by atomic mass is 10.1. The van der Waals surface area contributed by atoms with Crippen LogP contribution in [0.3, 0.4) is 0 Å². The van der Waals surface area contributed by atoms with Crippen LogP contribution in [-0.2, 0) is 4.74 Å². The molecule has 7 heteroatoms. The molecule has 0 aliphatic carbocycles. The summed E-state index contributed by atoms with van der Waals surface area (Å²) in [5.41, 5.74) is -1.70. The molecule has 0 aliphatic heterocycles. The van der Waals surface area contributed by atoms with Crippen molar-refractivity contribution in [3.63, 3.8) is 0 Å². The van der Waals surface area contributed by atoms with Crippen molar-refractivity contribution in [1.82, 2.24) is 0 Å². The molecule has 3 nitrogen and oxygen atoms in total. The third-order valence-corrected chi connectivity index (χ3v) is 4.12. The molecule has 0 aromatic heterocycles. The highest BCUT2D eigenvalue weighted by molar-refractivity contribution is 5.90. The summed E-state index contributed by atoms with van der Waals surface area (Å²) >= 11 is 0. The van der Waals surface area contributed by atoms with Crippen LogP contribution in [0, 0.1) is 23.3 Å². The molecule has 0 atom stereocenters. The number of hydrogen-bond donors (Lipinski definition) is 0. The maximum atomic E-state index is 14.5. The molecule has 0 unspecified atom stereocenters. The van der Waals surface area contributed by atoms with Crippen LogP contribution in [0.15, 0.2) is 43.0 Å². The molecule has 156 valence electrons. The molecule has 3 rings (SSSR count). The number of hydrogen-bond acceptors (Lipinski definition) is 3. The van der Waals surface area contributed by atoms with E-state index in [1.54, 1.807) is 24.3 Å². The summed E-state index contributed by atoms with van der Waals surface area (Å²) in [6, 6.07) is 9.82. The van der Waals surface area contributed by atoms with Crippen molar-refractivity contribution in [3.05, 3.63) is 77.4 Å². The van der Waals surface area contributed by atoms with Gasteiger partial charge in [-0.15, -0.1) is 0 Å². The third kappa shape index (κ3) is 4.15. The van der Waals surface area contributed by atoms with Gasteiger partial charge in [0.2, 0.25) is 17.4 Å². The van der Waals surface area contributed by atoms with Crippen LogP contribution in [0.25, 0.3) is 16.8 Å². The van der Waals surface area contributed by atoms with Gasteiger partial charge in [-0.3, -0.25) is 0 Å². The van der Waals surface area contributed by atoms with Gasteiger partial charge in [0.15, 0.2) is 11.6 Å².